The van der Waals surface area contributed by atoms with Crippen molar-refractivity contribution in [1.82, 2.24) is 5.32 Å². The Kier molecular flexibility index (Phi) is 6.62. The van der Waals surface area contributed by atoms with E-state index in [9.17, 15) is 9.59 Å². The van der Waals surface area contributed by atoms with Crippen LogP contribution in [-0.4, -0.2) is 44.8 Å². The first-order valence-corrected chi connectivity index (χ1v) is 9.12. The summed E-state index contributed by atoms with van der Waals surface area (Å²) in [5.41, 5.74) is 1.59. The fourth-order valence-corrected chi connectivity index (χ4v) is 2.99. The minimum atomic E-state index is -0.513. The van der Waals surface area contributed by atoms with Crippen LogP contribution < -0.4 is 10.2 Å². The van der Waals surface area contributed by atoms with E-state index in [1.54, 1.807) is 37.5 Å². The van der Waals surface area contributed by atoms with Crippen LogP contribution in [0.15, 0.2) is 47.1 Å². The molecule has 2 N–H and O–H groups in total. The van der Waals surface area contributed by atoms with Crippen molar-refractivity contribution in [1.29, 1.82) is 0 Å². The largest absolute Gasteiger partial charge is 0.467 e. The van der Waals surface area contributed by atoms with Crippen LogP contribution in [0.2, 0.25) is 0 Å². The molecule has 0 bridgehead atoms. The Balaban J connectivity index is 1.44. The number of ether oxygens (including phenoxy) is 2. The number of carbonyl (C=O) groups excluding carboxylic acids is 2. The van der Waals surface area contributed by atoms with Gasteiger partial charge in [0.15, 0.2) is 6.61 Å². The van der Waals surface area contributed by atoms with Gasteiger partial charge in [0.25, 0.3) is 5.91 Å². The van der Waals surface area contributed by atoms with Gasteiger partial charge in [-0.2, -0.15) is 0 Å². The van der Waals surface area contributed by atoms with Gasteiger partial charge < -0.3 is 24.1 Å². The topological polar surface area (TPSA) is 82.2 Å². The van der Waals surface area contributed by atoms with Gasteiger partial charge in [-0.25, -0.2) is 4.79 Å². The van der Waals surface area contributed by atoms with Crippen molar-refractivity contribution in [3.8, 4) is 0 Å². The second kappa shape index (κ2) is 9.34. The van der Waals surface area contributed by atoms with Gasteiger partial charge >= 0.3 is 5.97 Å². The predicted octanol–water partition coefficient (Wildman–Crippen LogP) is 0.729. The number of nitrogens with one attached hydrogen (secondary N) is 2. The number of carbonyl (C=O) groups is 2. The SMILES string of the molecule is C[C@H](NC(=O)COC(=O)c1ccc(C[NH+]2CCOCC2)cc1)c1ccco1. The van der Waals surface area contributed by atoms with Gasteiger partial charge in [-0.15, -0.1) is 0 Å². The quantitative estimate of drug-likeness (QED) is 0.700. The van der Waals surface area contributed by atoms with Gasteiger partial charge in [-0.3, -0.25) is 4.79 Å². The molecule has 0 aliphatic carbocycles. The maximum atomic E-state index is 12.1. The average molecular weight is 373 g/mol. The number of quaternary nitrogens is 1. The van der Waals surface area contributed by atoms with Crippen molar-refractivity contribution in [3.05, 3.63) is 59.5 Å². The number of morpholine rings is 1. The summed E-state index contributed by atoms with van der Waals surface area (Å²) < 4.78 is 15.7. The first-order valence-electron chi connectivity index (χ1n) is 9.12. The lowest BCUT2D eigenvalue weighted by molar-refractivity contribution is -0.921. The molecule has 1 saturated heterocycles. The Labute approximate surface area is 158 Å². The molecule has 1 aromatic carbocycles. The van der Waals surface area contributed by atoms with Crippen LogP contribution in [0.1, 0.15) is 34.6 Å². The van der Waals surface area contributed by atoms with E-state index in [-0.39, 0.29) is 18.6 Å². The first kappa shape index (κ1) is 19.1. The molecule has 0 saturated carbocycles. The summed E-state index contributed by atoms with van der Waals surface area (Å²) in [6.07, 6.45) is 1.54. The van der Waals surface area contributed by atoms with Gasteiger partial charge in [0.2, 0.25) is 0 Å². The minimum Gasteiger partial charge on any atom is -0.467 e. The zero-order chi connectivity index (χ0) is 19.1. The highest BCUT2D eigenvalue weighted by Crippen LogP contribution is 2.12. The van der Waals surface area contributed by atoms with E-state index in [2.05, 4.69) is 5.32 Å². The van der Waals surface area contributed by atoms with Crippen molar-refractivity contribution in [3.63, 3.8) is 0 Å². The summed E-state index contributed by atoms with van der Waals surface area (Å²) in [6, 6.07) is 10.6. The molecule has 1 atom stereocenters. The lowest BCUT2D eigenvalue weighted by Gasteiger charge is -2.23. The van der Waals surface area contributed by atoms with Crippen LogP contribution in [0.5, 0.6) is 0 Å². The maximum Gasteiger partial charge on any atom is 0.338 e. The zero-order valence-electron chi connectivity index (χ0n) is 15.4. The normalized spacial score (nSPS) is 15.9. The van der Waals surface area contributed by atoms with Gasteiger partial charge in [-0.05, 0) is 31.2 Å². The highest BCUT2D eigenvalue weighted by Gasteiger charge is 2.16. The summed E-state index contributed by atoms with van der Waals surface area (Å²) in [7, 11) is 0. The Morgan fingerprint density at radius 1 is 1.19 bits per heavy atom. The molecule has 3 rings (SSSR count). The lowest BCUT2D eigenvalue weighted by Crippen LogP contribution is -3.12. The van der Waals surface area contributed by atoms with Crippen molar-refractivity contribution < 1.29 is 28.4 Å². The molecule has 1 aliphatic rings. The summed E-state index contributed by atoms with van der Waals surface area (Å²) in [5.74, 6) is -0.242. The van der Waals surface area contributed by atoms with Crippen molar-refractivity contribution in [2.24, 2.45) is 0 Å². The zero-order valence-corrected chi connectivity index (χ0v) is 15.4. The Hall–Kier alpha value is -2.64. The second-order valence-electron chi connectivity index (χ2n) is 6.62. The molecule has 1 fully saturated rings. The van der Waals surface area contributed by atoms with Crippen molar-refractivity contribution in [2.45, 2.75) is 19.5 Å². The summed E-state index contributed by atoms with van der Waals surface area (Å²) in [6.45, 7) is 5.95. The van der Waals surface area contributed by atoms with Crippen LogP contribution >= 0.6 is 0 Å². The average Bonchev–Trinajstić information content (AvgIpc) is 3.22. The van der Waals surface area contributed by atoms with E-state index < -0.39 is 5.97 Å². The molecule has 7 nitrogen and oxygen atoms in total. The minimum absolute atomic E-state index is 0.284. The molecule has 0 spiro atoms. The molecule has 1 aromatic heterocycles. The number of hydrogen-bond acceptors (Lipinski definition) is 5. The Morgan fingerprint density at radius 2 is 1.93 bits per heavy atom. The molecule has 2 aromatic rings. The van der Waals surface area contributed by atoms with Crippen LogP contribution in [0.25, 0.3) is 0 Å². The van der Waals surface area contributed by atoms with Crippen LogP contribution in [0.4, 0.5) is 0 Å². The standard InChI is InChI=1S/C20H24N2O5/c1-15(18-3-2-10-26-18)21-19(23)14-27-20(24)17-6-4-16(5-7-17)13-22-8-11-25-12-9-22/h2-7,10,15H,8-9,11-14H2,1H3,(H,21,23)/p+1/t15-/m0/s1. The van der Waals surface area contributed by atoms with Crippen molar-refractivity contribution in [2.75, 3.05) is 32.9 Å². The maximum absolute atomic E-state index is 12.1. The molecule has 1 amide bonds. The number of rotatable bonds is 7. The van der Waals surface area contributed by atoms with Crippen LogP contribution in [-0.2, 0) is 20.8 Å². The van der Waals surface area contributed by atoms with Crippen LogP contribution in [0, 0.1) is 0 Å². The molecule has 7 heteroatoms. The number of esters is 1. The van der Waals surface area contributed by atoms with Gasteiger partial charge in [0, 0.05) is 5.56 Å². The van der Waals surface area contributed by atoms with E-state index in [0.29, 0.717) is 11.3 Å². The van der Waals surface area contributed by atoms with Gasteiger partial charge in [-0.1, -0.05) is 12.1 Å². The summed E-state index contributed by atoms with van der Waals surface area (Å²) in [4.78, 5) is 25.5. The molecular weight excluding hydrogens is 348 g/mol. The number of benzene rings is 1. The molecule has 0 unspecified atom stereocenters. The summed E-state index contributed by atoms with van der Waals surface area (Å²) >= 11 is 0. The number of hydrogen-bond donors (Lipinski definition) is 2. The highest BCUT2D eigenvalue weighted by molar-refractivity contribution is 5.91. The predicted molar refractivity (Wildman–Crippen MR) is 97.2 cm³/mol. The fourth-order valence-electron chi connectivity index (χ4n) is 2.99. The van der Waals surface area contributed by atoms with E-state index in [4.69, 9.17) is 13.9 Å². The Bertz CT molecular complexity index is 736. The molecule has 27 heavy (non-hydrogen) atoms. The molecule has 0 radical (unpaired) electrons. The number of furan rings is 1. The van der Waals surface area contributed by atoms with Gasteiger partial charge in [0.1, 0.15) is 25.4 Å². The molecular formula is C20H25N2O5+. The van der Waals surface area contributed by atoms with E-state index in [1.165, 1.54) is 4.90 Å². The van der Waals surface area contributed by atoms with E-state index >= 15 is 0 Å². The van der Waals surface area contributed by atoms with Crippen LogP contribution in [0.3, 0.4) is 0 Å². The molecule has 1 aliphatic heterocycles. The monoisotopic (exact) mass is 373 g/mol. The smallest absolute Gasteiger partial charge is 0.338 e. The van der Waals surface area contributed by atoms with E-state index in [0.717, 1.165) is 38.4 Å². The lowest BCUT2D eigenvalue weighted by atomic mass is 10.1. The van der Waals surface area contributed by atoms with Gasteiger partial charge in [0.05, 0.1) is 31.1 Å². The summed E-state index contributed by atoms with van der Waals surface area (Å²) in [5, 5.41) is 2.72. The number of amides is 1. The third kappa shape index (κ3) is 5.67. The molecule has 2 heterocycles. The molecule has 144 valence electrons. The second-order valence-corrected chi connectivity index (χ2v) is 6.62. The fraction of sp³-hybridized carbons (Fsp3) is 0.400. The highest BCUT2D eigenvalue weighted by atomic mass is 16.5. The first-order chi connectivity index (χ1) is 13.1. The third-order valence-corrected chi connectivity index (χ3v) is 4.53. The van der Waals surface area contributed by atoms with Crippen molar-refractivity contribution >= 4 is 11.9 Å². The van der Waals surface area contributed by atoms with E-state index in [1.807, 2.05) is 12.1 Å². The Morgan fingerprint density at radius 3 is 2.59 bits per heavy atom. The third-order valence-electron chi connectivity index (χ3n) is 4.53.